The lowest BCUT2D eigenvalue weighted by Crippen LogP contribution is -2.32. The van der Waals surface area contributed by atoms with Gasteiger partial charge in [-0.15, -0.1) is 0 Å². The standard InChI is InChI=1S/C24H22N2O8/c1-13(11-21(29)32-2)23(30)25-14-7-8-16-15-5-3-4-6-17(15)22(18(16)12-14)33-24(31)34-26-19(27)9-10-20(26)28/h3-8,12-13,22H,9-11H2,1-2H3,(H,25,30). The van der Waals surface area contributed by atoms with Gasteiger partial charge < -0.3 is 14.8 Å². The fourth-order valence-corrected chi connectivity index (χ4v) is 3.91. The highest BCUT2D eigenvalue weighted by molar-refractivity contribution is 6.01. The van der Waals surface area contributed by atoms with Crippen LogP contribution < -0.4 is 5.32 Å². The van der Waals surface area contributed by atoms with Gasteiger partial charge in [0.1, 0.15) is 0 Å². The first kappa shape index (κ1) is 23.0. The van der Waals surface area contributed by atoms with Crippen molar-refractivity contribution in [2.75, 3.05) is 12.4 Å². The zero-order valence-corrected chi connectivity index (χ0v) is 18.5. The number of carbonyl (C=O) groups excluding carboxylic acids is 5. The van der Waals surface area contributed by atoms with Crippen molar-refractivity contribution in [3.63, 3.8) is 0 Å². The summed E-state index contributed by atoms with van der Waals surface area (Å²) in [6.07, 6.45) is -2.20. The van der Waals surface area contributed by atoms with Gasteiger partial charge in [0.05, 0.1) is 13.5 Å². The molecule has 2 aromatic carbocycles. The Labute approximate surface area is 194 Å². The number of benzene rings is 2. The van der Waals surface area contributed by atoms with Crippen LogP contribution in [0.1, 0.15) is 43.4 Å². The molecule has 2 aromatic rings. The number of hydroxylamine groups is 2. The van der Waals surface area contributed by atoms with Crippen LogP contribution >= 0.6 is 0 Å². The van der Waals surface area contributed by atoms with Gasteiger partial charge in [-0.2, -0.15) is 0 Å². The Kier molecular flexibility index (Phi) is 6.31. The van der Waals surface area contributed by atoms with Crippen LogP contribution in [-0.2, 0) is 33.5 Å². The van der Waals surface area contributed by atoms with Gasteiger partial charge in [0.25, 0.3) is 11.8 Å². The Bertz CT molecular complexity index is 1180. The maximum atomic E-state index is 12.5. The minimum Gasteiger partial charge on any atom is -0.469 e. The largest absolute Gasteiger partial charge is 0.534 e. The number of fused-ring (bicyclic) bond motifs is 3. The van der Waals surface area contributed by atoms with Crippen LogP contribution in [0.3, 0.4) is 0 Å². The van der Waals surface area contributed by atoms with E-state index in [1.54, 1.807) is 37.3 Å². The van der Waals surface area contributed by atoms with E-state index in [9.17, 15) is 24.0 Å². The minimum atomic E-state index is -1.20. The lowest BCUT2D eigenvalue weighted by atomic mass is 10.0. The number of anilines is 1. The molecule has 1 fully saturated rings. The van der Waals surface area contributed by atoms with Crippen LogP contribution in [0.25, 0.3) is 11.1 Å². The smallest absolute Gasteiger partial charge is 0.469 e. The van der Waals surface area contributed by atoms with E-state index in [0.29, 0.717) is 21.9 Å². The monoisotopic (exact) mass is 466 g/mol. The van der Waals surface area contributed by atoms with Crippen molar-refractivity contribution < 1.29 is 38.3 Å². The Hall–Kier alpha value is -4.21. The summed E-state index contributed by atoms with van der Waals surface area (Å²) in [6, 6.07) is 12.5. The minimum absolute atomic E-state index is 0.0291. The van der Waals surface area contributed by atoms with E-state index in [0.717, 1.165) is 11.1 Å². The normalized spacial score (nSPS) is 17.0. The van der Waals surface area contributed by atoms with Gasteiger partial charge in [-0.1, -0.05) is 42.3 Å². The molecule has 1 N–H and O–H groups in total. The quantitative estimate of drug-likeness (QED) is 0.508. The second kappa shape index (κ2) is 9.34. The maximum absolute atomic E-state index is 12.5. The van der Waals surface area contributed by atoms with Gasteiger partial charge >= 0.3 is 12.1 Å². The molecule has 0 radical (unpaired) electrons. The molecule has 1 aliphatic carbocycles. The number of amides is 3. The first-order valence-electron chi connectivity index (χ1n) is 10.6. The number of hydrogen-bond donors (Lipinski definition) is 1. The van der Waals surface area contributed by atoms with E-state index in [-0.39, 0.29) is 25.2 Å². The average Bonchev–Trinajstić information content (AvgIpc) is 3.30. The number of carbonyl (C=O) groups is 5. The molecule has 176 valence electrons. The van der Waals surface area contributed by atoms with Crippen molar-refractivity contribution >= 4 is 35.5 Å². The third-order valence-corrected chi connectivity index (χ3v) is 5.67. The van der Waals surface area contributed by atoms with Crippen molar-refractivity contribution in [1.29, 1.82) is 0 Å². The molecule has 0 aromatic heterocycles. The lowest BCUT2D eigenvalue weighted by molar-refractivity contribution is -0.178. The van der Waals surface area contributed by atoms with E-state index in [1.807, 2.05) is 12.1 Å². The molecule has 1 saturated heterocycles. The van der Waals surface area contributed by atoms with Gasteiger partial charge in [0.15, 0.2) is 6.10 Å². The molecule has 2 unspecified atom stereocenters. The summed E-state index contributed by atoms with van der Waals surface area (Å²) in [4.78, 5) is 64.8. The van der Waals surface area contributed by atoms with Crippen LogP contribution in [0.4, 0.5) is 10.5 Å². The Balaban J connectivity index is 1.55. The van der Waals surface area contributed by atoms with Crippen LogP contribution in [0, 0.1) is 5.92 Å². The summed E-state index contributed by atoms with van der Waals surface area (Å²) in [6.45, 7) is 1.61. The van der Waals surface area contributed by atoms with Crippen LogP contribution in [0.5, 0.6) is 0 Å². The van der Waals surface area contributed by atoms with E-state index in [2.05, 4.69) is 10.1 Å². The topological polar surface area (TPSA) is 128 Å². The fourth-order valence-electron chi connectivity index (χ4n) is 3.91. The number of methoxy groups -OCH3 is 1. The molecule has 1 aliphatic heterocycles. The second-order valence-electron chi connectivity index (χ2n) is 7.98. The van der Waals surface area contributed by atoms with E-state index < -0.39 is 36.0 Å². The number of ether oxygens (including phenoxy) is 2. The zero-order chi connectivity index (χ0) is 24.4. The molecule has 2 atom stereocenters. The summed E-state index contributed by atoms with van der Waals surface area (Å²) in [5.41, 5.74) is 3.36. The SMILES string of the molecule is COC(=O)CC(C)C(=O)Nc1ccc2c(c1)C(OC(=O)ON1C(=O)CCC1=O)c1ccccc1-2. The summed E-state index contributed by atoms with van der Waals surface area (Å²) in [7, 11) is 1.26. The molecule has 0 saturated carbocycles. The summed E-state index contributed by atoms with van der Waals surface area (Å²) in [5, 5.41) is 3.18. The number of nitrogens with zero attached hydrogens (tertiary/aromatic N) is 1. The van der Waals surface area contributed by atoms with Crippen LogP contribution in [-0.4, -0.2) is 42.0 Å². The number of nitrogens with one attached hydrogen (secondary N) is 1. The Morgan fingerprint density at radius 3 is 2.41 bits per heavy atom. The number of imide groups is 1. The molecule has 2 aliphatic rings. The molecule has 10 nitrogen and oxygen atoms in total. The molecular formula is C24H22N2O8. The van der Waals surface area contributed by atoms with Crippen molar-refractivity contribution in [2.45, 2.75) is 32.3 Å². The van der Waals surface area contributed by atoms with Crippen molar-refractivity contribution in [2.24, 2.45) is 5.92 Å². The van der Waals surface area contributed by atoms with Gasteiger partial charge in [0.2, 0.25) is 5.91 Å². The number of rotatable bonds is 6. The molecule has 10 heteroatoms. The maximum Gasteiger partial charge on any atom is 0.534 e. The molecule has 34 heavy (non-hydrogen) atoms. The van der Waals surface area contributed by atoms with E-state index in [4.69, 9.17) is 9.57 Å². The first-order chi connectivity index (χ1) is 16.3. The highest BCUT2D eigenvalue weighted by Gasteiger charge is 2.37. The predicted molar refractivity (Wildman–Crippen MR) is 117 cm³/mol. The zero-order valence-electron chi connectivity index (χ0n) is 18.5. The third kappa shape index (κ3) is 4.47. The van der Waals surface area contributed by atoms with Crippen LogP contribution in [0.15, 0.2) is 42.5 Å². The number of esters is 1. The molecule has 1 heterocycles. The van der Waals surface area contributed by atoms with E-state index in [1.165, 1.54) is 7.11 Å². The highest BCUT2D eigenvalue weighted by atomic mass is 16.8. The second-order valence-corrected chi connectivity index (χ2v) is 7.98. The summed E-state index contributed by atoms with van der Waals surface area (Å²) < 4.78 is 10.1. The van der Waals surface area contributed by atoms with Crippen molar-refractivity contribution in [3.8, 4) is 11.1 Å². The lowest BCUT2D eigenvalue weighted by Gasteiger charge is -2.18. The van der Waals surface area contributed by atoms with Gasteiger partial charge in [-0.25, -0.2) is 4.79 Å². The van der Waals surface area contributed by atoms with E-state index >= 15 is 0 Å². The third-order valence-electron chi connectivity index (χ3n) is 5.67. The van der Waals surface area contributed by atoms with Gasteiger partial charge in [-0.3, -0.25) is 24.0 Å². The van der Waals surface area contributed by atoms with Gasteiger partial charge in [0, 0.05) is 35.6 Å². The molecule has 3 amide bonds. The number of hydrogen-bond acceptors (Lipinski definition) is 8. The summed E-state index contributed by atoms with van der Waals surface area (Å²) >= 11 is 0. The molecular weight excluding hydrogens is 444 g/mol. The Morgan fingerprint density at radius 1 is 1.03 bits per heavy atom. The fraction of sp³-hybridized carbons (Fsp3) is 0.292. The summed E-state index contributed by atoms with van der Waals surface area (Å²) in [5.74, 6) is -2.70. The van der Waals surface area contributed by atoms with Crippen molar-refractivity contribution in [3.05, 3.63) is 53.6 Å². The first-order valence-corrected chi connectivity index (χ1v) is 10.6. The molecule has 0 bridgehead atoms. The van der Waals surface area contributed by atoms with Crippen LogP contribution in [0.2, 0.25) is 0 Å². The predicted octanol–water partition coefficient (Wildman–Crippen LogP) is 3.11. The van der Waals surface area contributed by atoms with Crippen molar-refractivity contribution in [1.82, 2.24) is 5.06 Å². The van der Waals surface area contributed by atoms with Gasteiger partial charge in [-0.05, 0) is 23.3 Å². The Morgan fingerprint density at radius 2 is 1.71 bits per heavy atom. The molecule has 4 rings (SSSR count). The average molecular weight is 466 g/mol. The molecule has 0 spiro atoms. The highest BCUT2D eigenvalue weighted by Crippen LogP contribution is 2.46.